The Morgan fingerprint density at radius 2 is 2.06 bits per heavy atom. The summed E-state index contributed by atoms with van der Waals surface area (Å²) in [7, 11) is 0. The van der Waals surface area contributed by atoms with Gasteiger partial charge in [0, 0.05) is 12.0 Å². The summed E-state index contributed by atoms with van der Waals surface area (Å²) >= 11 is 0. The largest absolute Gasteiger partial charge is 0.342 e. The molecule has 2 aromatic rings. The molecular formula is C12H13F2N3. The summed E-state index contributed by atoms with van der Waals surface area (Å²) in [6.07, 6.45) is 2.06. The number of benzene rings is 1. The van der Waals surface area contributed by atoms with Crippen molar-refractivity contribution in [3.63, 3.8) is 0 Å². The summed E-state index contributed by atoms with van der Waals surface area (Å²) in [5, 5.41) is 0. The molecule has 3 N–H and O–H groups in total. The fourth-order valence-electron chi connectivity index (χ4n) is 1.62. The normalized spacial score (nSPS) is 10.8. The molecule has 1 heterocycles. The van der Waals surface area contributed by atoms with Gasteiger partial charge in [0.05, 0.1) is 11.9 Å². The zero-order valence-electron chi connectivity index (χ0n) is 9.43. The minimum atomic E-state index is -0.466. The van der Waals surface area contributed by atoms with Crippen LogP contribution in [-0.4, -0.2) is 16.5 Å². The summed E-state index contributed by atoms with van der Waals surface area (Å²) in [4.78, 5) is 6.97. The lowest BCUT2D eigenvalue weighted by Crippen LogP contribution is -2.03. The Kier molecular flexibility index (Phi) is 3.19. The van der Waals surface area contributed by atoms with Gasteiger partial charge in [0.15, 0.2) is 0 Å². The number of halogens is 2. The second-order valence-corrected chi connectivity index (χ2v) is 3.86. The highest BCUT2D eigenvalue weighted by Gasteiger charge is 2.11. The number of hydrogen-bond acceptors (Lipinski definition) is 2. The number of H-pyrrole nitrogens is 1. The van der Waals surface area contributed by atoms with E-state index in [9.17, 15) is 8.78 Å². The molecule has 0 unspecified atom stereocenters. The van der Waals surface area contributed by atoms with Gasteiger partial charge >= 0.3 is 0 Å². The predicted molar refractivity (Wildman–Crippen MR) is 61.4 cm³/mol. The van der Waals surface area contributed by atoms with E-state index in [0.29, 0.717) is 24.5 Å². The maximum atomic E-state index is 13.7. The topological polar surface area (TPSA) is 54.7 Å². The molecule has 0 fully saturated rings. The highest BCUT2D eigenvalue weighted by molar-refractivity contribution is 5.60. The van der Waals surface area contributed by atoms with Crippen molar-refractivity contribution in [3.8, 4) is 11.3 Å². The second kappa shape index (κ2) is 4.63. The standard InChI is InChI=1S/C12H13F2N3/c1-7-4-10(14)8(5-9(7)13)11-6-16-12(17-11)2-3-15/h4-6H,2-3,15H2,1H3,(H,16,17). The lowest BCUT2D eigenvalue weighted by Gasteiger charge is -2.03. The van der Waals surface area contributed by atoms with E-state index in [-0.39, 0.29) is 11.1 Å². The van der Waals surface area contributed by atoms with Gasteiger partial charge in [0.2, 0.25) is 0 Å². The van der Waals surface area contributed by atoms with Gasteiger partial charge in [0.1, 0.15) is 17.5 Å². The Hall–Kier alpha value is -1.75. The van der Waals surface area contributed by atoms with Crippen molar-refractivity contribution in [3.05, 3.63) is 41.4 Å². The molecule has 90 valence electrons. The van der Waals surface area contributed by atoms with Crippen LogP contribution in [-0.2, 0) is 6.42 Å². The Labute approximate surface area is 97.7 Å². The monoisotopic (exact) mass is 237 g/mol. The van der Waals surface area contributed by atoms with E-state index in [2.05, 4.69) is 9.97 Å². The average Bonchev–Trinajstić information content (AvgIpc) is 2.72. The van der Waals surface area contributed by atoms with Crippen molar-refractivity contribution >= 4 is 0 Å². The number of aryl methyl sites for hydroxylation is 1. The number of hydrogen-bond donors (Lipinski definition) is 2. The van der Waals surface area contributed by atoms with Crippen LogP contribution in [0.2, 0.25) is 0 Å². The molecule has 17 heavy (non-hydrogen) atoms. The van der Waals surface area contributed by atoms with Crippen molar-refractivity contribution in [1.82, 2.24) is 9.97 Å². The molecule has 5 heteroatoms. The first kappa shape index (κ1) is 11.7. The van der Waals surface area contributed by atoms with Crippen molar-refractivity contribution in [2.24, 2.45) is 5.73 Å². The maximum Gasteiger partial charge on any atom is 0.133 e. The summed E-state index contributed by atoms with van der Waals surface area (Å²) in [6.45, 7) is 1.98. The lowest BCUT2D eigenvalue weighted by atomic mass is 10.1. The smallest absolute Gasteiger partial charge is 0.133 e. The predicted octanol–water partition coefficient (Wildman–Crippen LogP) is 2.16. The third kappa shape index (κ3) is 2.34. The molecule has 0 bridgehead atoms. The zero-order valence-corrected chi connectivity index (χ0v) is 9.43. The number of aromatic amines is 1. The van der Waals surface area contributed by atoms with Crippen LogP contribution in [0, 0.1) is 18.6 Å². The Balaban J connectivity index is 2.41. The fraction of sp³-hybridized carbons (Fsp3) is 0.250. The number of imidazole rings is 1. The van der Waals surface area contributed by atoms with Gasteiger partial charge in [-0.15, -0.1) is 0 Å². The summed E-state index contributed by atoms with van der Waals surface area (Å²) in [5.74, 6) is -0.230. The Morgan fingerprint density at radius 3 is 2.76 bits per heavy atom. The van der Waals surface area contributed by atoms with Crippen LogP contribution in [0.3, 0.4) is 0 Å². The van der Waals surface area contributed by atoms with Gasteiger partial charge in [0.25, 0.3) is 0 Å². The fourth-order valence-corrected chi connectivity index (χ4v) is 1.62. The molecule has 0 saturated carbocycles. The Morgan fingerprint density at radius 1 is 1.29 bits per heavy atom. The van der Waals surface area contributed by atoms with Crippen LogP contribution >= 0.6 is 0 Å². The van der Waals surface area contributed by atoms with Crippen LogP contribution < -0.4 is 5.73 Å². The maximum absolute atomic E-state index is 13.7. The number of nitrogens with zero attached hydrogens (tertiary/aromatic N) is 1. The first-order valence-electron chi connectivity index (χ1n) is 5.31. The van der Waals surface area contributed by atoms with Gasteiger partial charge in [-0.05, 0) is 31.2 Å². The van der Waals surface area contributed by atoms with E-state index in [1.165, 1.54) is 25.3 Å². The van der Waals surface area contributed by atoms with E-state index in [1.54, 1.807) is 0 Å². The highest BCUT2D eigenvalue weighted by atomic mass is 19.1. The Bertz CT molecular complexity index is 535. The first-order chi connectivity index (χ1) is 8.11. The molecule has 0 aliphatic heterocycles. The van der Waals surface area contributed by atoms with E-state index < -0.39 is 11.6 Å². The van der Waals surface area contributed by atoms with Crippen molar-refractivity contribution < 1.29 is 8.78 Å². The molecule has 0 aliphatic rings. The number of aromatic nitrogens is 2. The average molecular weight is 237 g/mol. The molecule has 1 aromatic carbocycles. The van der Waals surface area contributed by atoms with Gasteiger partial charge < -0.3 is 10.7 Å². The molecule has 0 atom stereocenters. The van der Waals surface area contributed by atoms with Crippen molar-refractivity contribution in [2.75, 3.05) is 6.54 Å². The molecule has 0 spiro atoms. The first-order valence-corrected chi connectivity index (χ1v) is 5.31. The quantitative estimate of drug-likeness (QED) is 0.859. The second-order valence-electron chi connectivity index (χ2n) is 3.86. The van der Waals surface area contributed by atoms with Crippen LogP contribution in [0.25, 0.3) is 11.3 Å². The molecule has 0 aliphatic carbocycles. The van der Waals surface area contributed by atoms with Crippen LogP contribution in [0.1, 0.15) is 11.4 Å². The zero-order chi connectivity index (χ0) is 12.4. The number of nitrogens with two attached hydrogens (primary N) is 1. The van der Waals surface area contributed by atoms with Crippen molar-refractivity contribution in [2.45, 2.75) is 13.3 Å². The van der Waals surface area contributed by atoms with Crippen LogP contribution in [0.4, 0.5) is 8.78 Å². The minimum Gasteiger partial charge on any atom is -0.342 e. The number of nitrogens with one attached hydrogen (secondary N) is 1. The molecule has 1 aromatic heterocycles. The lowest BCUT2D eigenvalue weighted by molar-refractivity contribution is 0.595. The minimum absolute atomic E-state index is 0.184. The third-order valence-corrected chi connectivity index (χ3v) is 2.55. The molecule has 3 nitrogen and oxygen atoms in total. The van der Waals surface area contributed by atoms with Crippen LogP contribution in [0.5, 0.6) is 0 Å². The molecule has 0 amide bonds. The summed E-state index contributed by atoms with van der Waals surface area (Å²) in [6, 6.07) is 2.35. The van der Waals surface area contributed by atoms with Crippen molar-refractivity contribution in [1.29, 1.82) is 0 Å². The van der Waals surface area contributed by atoms with Gasteiger partial charge in [-0.1, -0.05) is 0 Å². The highest BCUT2D eigenvalue weighted by Crippen LogP contribution is 2.23. The SMILES string of the molecule is Cc1cc(F)c(-c2cnc(CCN)[nH]2)cc1F. The van der Waals surface area contributed by atoms with Crippen LogP contribution in [0.15, 0.2) is 18.3 Å². The van der Waals surface area contributed by atoms with E-state index in [1.807, 2.05) is 0 Å². The third-order valence-electron chi connectivity index (χ3n) is 2.55. The summed E-state index contributed by atoms with van der Waals surface area (Å²) in [5.41, 5.74) is 6.32. The molecule has 2 rings (SSSR count). The molecule has 0 saturated heterocycles. The molecular weight excluding hydrogens is 224 g/mol. The summed E-state index contributed by atoms with van der Waals surface area (Å²) < 4.78 is 27.1. The number of rotatable bonds is 3. The van der Waals surface area contributed by atoms with E-state index >= 15 is 0 Å². The van der Waals surface area contributed by atoms with Gasteiger partial charge in [-0.25, -0.2) is 13.8 Å². The van der Waals surface area contributed by atoms with E-state index in [0.717, 1.165) is 0 Å². The van der Waals surface area contributed by atoms with Gasteiger partial charge in [-0.2, -0.15) is 0 Å². The molecule has 0 radical (unpaired) electrons. The van der Waals surface area contributed by atoms with Gasteiger partial charge in [-0.3, -0.25) is 0 Å². The van der Waals surface area contributed by atoms with E-state index in [4.69, 9.17) is 5.73 Å².